The molecule has 1 fully saturated rings. The van der Waals surface area contributed by atoms with E-state index in [1.54, 1.807) is 6.92 Å². The van der Waals surface area contributed by atoms with Gasteiger partial charge in [-0.15, -0.1) is 0 Å². The van der Waals surface area contributed by atoms with Gasteiger partial charge in [0.15, 0.2) is 0 Å². The van der Waals surface area contributed by atoms with Crippen molar-refractivity contribution in [3.05, 3.63) is 69.8 Å². The summed E-state index contributed by atoms with van der Waals surface area (Å²) in [6.45, 7) is 2.82. The number of ether oxygens (including phenoxy) is 1. The quantitative estimate of drug-likeness (QED) is 0.420. The van der Waals surface area contributed by atoms with E-state index >= 15 is 0 Å². The molecular formula is C19H20N4O6S. The number of hydrogen-bond acceptors (Lipinski definition) is 7. The second kappa shape index (κ2) is 9.11. The number of nitro groups is 1. The summed E-state index contributed by atoms with van der Waals surface area (Å²) in [6.07, 6.45) is 0. The van der Waals surface area contributed by atoms with Crippen molar-refractivity contribution in [1.82, 2.24) is 9.73 Å². The Kier molecular flexibility index (Phi) is 6.55. The fourth-order valence-corrected chi connectivity index (χ4v) is 4.28. The van der Waals surface area contributed by atoms with Crippen LogP contribution in [0.2, 0.25) is 0 Å². The van der Waals surface area contributed by atoms with Gasteiger partial charge in [-0.25, -0.2) is 13.8 Å². The number of amides is 1. The maximum atomic E-state index is 12.8. The van der Waals surface area contributed by atoms with Crippen molar-refractivity contribution in [2.75, 3.05) is 26.3 Å². The van der Waals surface area contributed by atoms with Crippen LogP contribution in [-0.2, 0) is 14.8 Å². The number of hydrazone groups is 1. The lowest BCUT2D eigenvalue weighted by atomic mass is 10.1. The average molecular weight is 432 g/mol. The SMILES string of the molecule is C/C(=N/NC(=O)c1cccc(S(=O)(=O)N2CCOCC2)c1)c1ccc([N+](=O)[O-])cc1. The van der Waals surface area contributed by atoms with Crippen LogP contribution in [0.5, 0.6) is 0 Å². The van der Waals surface area contributed by atoms with E-state index < -0.39 is 20.9 Å². The Morgan fingerprint density at radius 3 is 2.43 bits per heavy atom. The van der Waals surface area contributed by atoms with Crippen molar-refractivity contribution in [3.63, 3.8) is 0 Å². The average Bonchev–Trinajstić information content (AvgIpc) is 2.78. The molecule has 1 saturated heterocycles. The standard InChI is InChI=1S/C19H20N4O6S/c1-14(15-5-7-17(8-6-15)23(25)26)20-21-19(24)16-3-2-4-18(13-16)30(27,28)22-9-11-29-12-10-22/h2-8,13H,9-12H2,1H3,(H,21,24)/b20-14-. The predicted octanol–water partition coefficient (Wildman–Crippen LogP) is 1.77. The van der Waals surface area contributed by atoms with Gasteiger partial charge in [-0.1, -0.05) is 6.07 Å². The summed E-state index contributed by atoms with van der Waals surface area (Å²) in [4.78, 5) is 22.7. The fraction of sp³-hybridized carbons (Fsp3) is 0.263. The molecule has 1 amide bonds. The van der Waals surface area contributed by atoms with Crippen LogP contribution in [0.3, 0.4) is 0 Å². The first-order valence-corrected chi connectivity index (χ1v) is 10.5. The Morgan fingerprint density at radius 1 is 1.13 bits per heavy atom. The maximum absolute atomic E-state index is 12.8. The van der Waals surface area contributed by atoms with E-state index in [1.807, 2.05) is 0 Å². The third kappa shape index (κ3) is 4.87. The lowest BCUT2D eigenvalue weighted by molar-refractivity contribution is -0.384. The summed E-state index contributed by atoms with van der Waals surface area (Å²) in [5.74, 6) is -0.574. The Balaban J connectivity index is 1.73. The van der Waals surface area contributed by atoms with E-state index in [2.05, 4.69) is 10.5 Å². The normalized spacial score (nSPS) is 15.6. The maximum Gasteiger partial charge on any atom is 0.271 e. The second-order valence-electron chi connectivity index (χ2n) is 6.49. The van der Waals surface area contributed by atoms with E-state index in [9.17, 15) is 23.3 Å². The summed E-state index contributed by atoms with van der Waals surface area (Å²) < 4.78 is 32.0. The minimum atomic E-state index is -3.72. The highest BCUT2D eigenvalue weighted by molar-refractivity contribution is 7.89. The molecule has 1 aliphatic heterocycles. The highest BCUT2D eigenvalue weighted by atomic mass is 32.2. The number of nitro benzene ring substituents is 1. The van der Waals surface area contributed by atoms with Crippen molar-refractivity contribution in [1.29, 1.82) is 0 Å². The molecule has 0 aliphatic carbocycles. The van der Waals surface area contributed by atoms with Crippen molar-refractivity contribution in [2.45, 2.75) is 11.8 Å². The Bertz CT molecular complexity index is 1080. The number of morpholine rings is 1. The van der Waals surface area contributed by atoms with Crippen LogP contribution in [0.4, 0.5) is 5.69 Å². The molecule has 1 heterocycles. The largest absolute Gasteiger partial charge is 0.379 e. The van der Waals surface area contributed by atoms with Gasteiger partial charge < -0.3 is 4.74 Å². The first-order chi connectivity index (χ1) is 14.3. The van der Waals surface area contributed by atoms with Crippen LogP contribution in [0.15, 0.2) is 58.5 Å². The lowest BCUT2D eigenvalue weighted by Crippen LogP contribution is -2.40. The van der Waals surface area contributed by atoms with Gasteiger partial charge in [0.05, 0.1) is 28.7 Å². The number of sulfonamides is 1. The van der Waals surface area contributed by atoms with Gasteiger partial charge in [-0.05, 0) is 42.8 Å². The molecule has 2 aromatic carbocycles. The molecule has 30 heavy (non-hydrogen) atoms. The van der Waals surface area contributed by atoms with E-state index in [4.69, 9.17) is 4.74 Å². The molecular weight excluding hydrogens is 412 g/mol. The lowest BCUT2D eigenvalue weighted by Gasteiger charge is -2.26. The molecule has 3 rings (SSSR count). The summed E-state index contributed by atoms with van der Waals surface area (Å²) >= 11 is 0. The van der Waals surface area contributed by atoms with Crippen molar-refractivity contribution in [2.24, 2.45) is 5.10 Å². The van der Waals surface area contributed by atoms with Gasteiger partial charge >= 0.3 is 0 Å². The van der Waals surface area contributed by atoms with Crippen molar-refractivity contribution < 1.29 is 22.9 Å². The highest BCUT2D eigenvalue weighted by Crippen LogP contribution is 2.18. The van der Waals surface area contributed by atoms with E-state index in [1.165, 1.54) is 52.8 Å². The number of hydrogen-bond donors (Lipinski definition) is 1. The minimum absolute atomic E-state index is 0.0214. The zero-order valence-electron chi connectivity index (χ0n) is 16.1. The van der Waals surface area contributed by atoms with Crippen LogP contribution in [0.1, 0.15) is 22.8 Å². The molecule has 0 aromatic heterocycles. The Morgan fingerprint density at radius 2 is 1.80 bits per heavy atom. The Labute approximate surface area is 173 Å². The summed E-state index contributed by atoms with van der Waals surface area (Å²) in [7, 11) is -3.72. The topological polar surface area (TPSA) is 131 Å². The number of benzene rings is 2. The molecule has 0 atom stereocenters. The minimum Gasteiger partial charge on any atom is -0.379 e. The molecule has 10 nitrogen and oxygen atoms in total. The highest BCUT2D eigenvalue weighted by Gasteiger charge is 2.26. The van der Waals surface area contributed by atoms with Gasteiger partial charge in [0.25, 0.3) is 11.6 Å². The summed E-state index contributed by atoms with van der Waals surface area (Å²) in [5.41, 5.74) is 3.52. The van der Waals surface area contributed by atoms with E-state index in [-0.39, 0.29) is 29.2 Å². The van der Waals surface area contributed by atoms with Gasteiger partial charge in [-0.3, -0.25) is 14.9 Å². The molecule has 1 aliphatic rings. The third-order valence-corrected chi connectivity index (χ3v) is 6.42. The van der Waals surface area contributed by atoms with Crippen LogP contribution < -0.4 is 5.43 Å². The van der Waals surface area contributed by atoms with Crippen molar-refractivity contribution >= 4 is 27.3 Å². The van der Waals surface area contributed by atoms with Crippen LogP contribution in [0.25, 0.3) is 0 Å². The molecule has 0 bridgehead atoms. The molecule has 0 spiro atoms. The number of nitrogens with zero attached hydrogens (tertiary/aromatic N) is 3. The molecule has 0 radical (unpaired) electrons. The molecule has 2 aromatic rings. The van der Waals surface area contributed by atoms with Gasteiger partial charge in [0.1, 0.15) is 0 Å². The zero-order chi connectivity index (χ0) is 21.7. The molecule has 1 N–H and O–H groups in total. The first kappa shape index (κ1) is 21.6. The smallest absolute Gasteiger partial charge is 0.271 e. The molecule has 0 unspecified atom stereocenters. The van der Waals surface area contributed by atoms with Crippen LogP contribution >= 0.6 is 0 Å². The monoisotopic (exact) mass is 432 g/mol. The van der Waals surface area contributed by atoms with E-state index in [0.717, 1.165) is 0 Å². The number of rotatable bonds is 6. The van der Waals surface area contributed by atoms with Crippen molar-refractivity contribution in [3.8, 4) is 0 Å². The van der Waals surface area contributed by atoms with Crippen LogP contribution in [-0.4, -0.2) is 55.6 Å². The van der Waals surface area contributed by atoms with Crippen LogP contribution in [0, 0.1) is 10.1 Å². The third-order valence-electron chi connectivity index (χ3n) is 4.53. The number of non-ortho nitro benzene ring substituents is 1. The number of nitrogens with one attached hydrogen (secondary N) is 1. The van der Waals surface area contributed by atoms with Gasteiger partial charge in [0.2, 0.25) is 10.0 Å². The zero-order valence-corrected chi connectivity index (χ0v) is 17.0. The molecule has 11 heteroatoms. The number of carbonyl (C=O) groups is 1. The van der Waals surface area contributed by atoms with E-state index in [0.29, 0.717) is 24.5 Å². The van der Waals surface area contributed by atoms with Gasteiger partial charge in [-0.2, -0.15) is 9.41 Å². The fourth-order valence-electron chi connectivity index (χ4n) is 2.82. The Hall–Kier alpha value is -3.15. The predicted molar refractivity (Wildman–Crippen MR) is 109 cm³/mol. The van der Waals surface area contributed by atoms with Gasteiger partial charge in [0, 0.05) is 30.8 Å². The summed E-state index contributed by atoms with van der Waals surface area (Å²) in [6, 6.07) is 11.5. The first-order valence-electron chi connectivity index (χ1n) is 9.06. The summed E-state index contributed by atoms with van der Waals surface area (Å²) in [5, 5.41) is 14.7. The number of carbonyl (C=O) groups excluding carboxylic acids is 1. The second-order valence-corrected chi connectivity index (χ2v) is 8.42. The molecule has 158 valence electrons. The molecule has 0 saturated carbocycles.